The molecule has 2 N–H and O–H groups in total. The summed E-state index contributed by atoms with van der Waals surface area (Å²) in [5.41, 5.74) is 0.729. The largest absolute Gasteiger partial charge is 0.377 e. The van der Waals surface area contributed by atoms with Gasteiger partial charge in [0.2, 0.25) is 0 Å². The first-order chi connectivity index (χ1) is 9.61. The van der Waals surface area contributed by atoms with Crippen molar-refractivity contribution in [3.05, 3.63) is 33.9 Å². The van der Waals surface area contributed by atoms with Crippen molar-refractivity contribution in [2.75, 3.05) is 23.9 Å². The van der Waals surface area contributed by atoms with E-state index in [2.05, 4.69) is 10.6 Å². The molecule has 0 aliphatic carbocycles. The summed E-state index contributed by atoms with van der Waals surface area (Å²) in [4.78, 5) is 22.2. The Kier molecular flexibility index (Phi) is 4.84. The first kappa shape index (κ1) is 14.6. The molecular weight excluding hydrogens is 278 g/mol. The van der Waals surface area contributed by atoms with Crippen LogP contribution in [0.5, 0.6) is 0 Å². The predicted octanol–water partition coefficient (Wildman–Crippen LogP) is 2.26. The average Bonchev–Trinajstić information content (AvgIpc) is 2.47. The lowest BCUT2D eigenvalue weighted by Gasteiger charge is -2.23. The summed E-state index contributed by atoms with van der Waals surface area (Å²) in [5.74, 6) is 1.82. The van der Waals surface area contributed by atoms with Crippen LogP contribution >= 0.6 is 11.8 Å². The number of benzene rings is 1. The zero-order chi connectivity index (χ0) is 14.5. The molecule has 1 aliphatic heterocycles. The summed E-state index contributed by atoms with van der Waals surface area (Å²) < 4.78 is 0. The first-order valence-corrected chi connectivity index (χ1v) is 7.62. The maximum atomic E-state index is 11.5. The van der Waals surface area contributed by atoms with Crippen molar-refractivity contribution < 1.29 is 9.72 Å². The van der Waals surface area contributed by atoms with Crippen LogP contribution in [0.4, 0.5) is 11.4 Å². The highest BCUT2D eigenvalue weighted by Crippen LogP contribution is 2.29. The van der Waals surface area contributed by atoms with Crippen LogP contribution in [-0.4, -0.2) is 35.4 Å². The van der Waals surface area contributed by atoms with Crippen molar-refractivity contribution in [1.82, 2.24) is 5.32 Å². The smallest absolute Gasteiger partial charge is 0.293 e. The van der Waals surface area contributed by atoms with Gasteiger partial charge in [0, 0.05) is 24.7 Å². The first-order valence-electron chi connectivity index (χ1n) is 6.46. The minimum Gasteiger partial charge on any atom is -0.377 e. The van der Waals surface area contributed by atoms with Crippen molar-refractivity contribution in [2.45, 2.75) is 18.9 Å². The van der Waals surface area contributed by atoms with Crippen LogP contribution in [0, 0.1) is 10.1 Å². The standard InChI is InChI=1S/C13H17N3O3S/c1-14-13(17)9-2-3-11(12(8-9)16(18)19)15-10-4-6-20-7-5-10/h2-3,8,10,15H,4-7H2,1H3,(H,14,17). The van der Waals surface area contributed by atoms with Gasteiger partial charge in [-0.2, -0.15) is 11.8 Å². The molecule has 1 aromatic rings. The van der Waals surface area contributed by atoms with Crippen LogP contribution < -0.4 is 10.6 Å². The Morgan fingerprint density at radius 3 is 2.70 bits per heavy atom. The zero-order valence-corrected chi connectivity index (χ0v) is 12.0. The van der Waals surface area contributed by atoms with Crippen molar-refractivity contribution in [2.24, 2.45) is 0 Å². The lowest BCUT2D eigenvalue weighted by molar-refractivity contribution is -0.384. The van der Waals surface area contributed by atoms with Crippen LogP contribution in [0.25, 0.3) is 0 Å². The van der Waals surface area contributed by atoms with Gasteiger partial charge in [0.25, 0.3) is 11.6 Å². The molecule has 6 nitrogen and oxygen atoms in total. The molecule has 0 unspecified atom stereocenters. The number of nitro benzene ring substituents is 1. The van der Waals surface area contributed by atoms with Gasteiger partial charge in [-0.15, -0.1) is 0 Å². The second kappa shape index (κ2) is 6.60. The molecule has 0 spiro atoms. The minimum atomic E-state index is -0.452. The number of nitro groups is 1. The number of nitrogens with one attached hydrogen (secondary N) is 2. The highest BCUT2D eigenvalue weighted by molar-refractivity contribution is 7.99. The van der Waals surface area contributed by atoms with Gasteiger partial charge in [-0.3, -0.25) is 14.9 Å². The van der Waals surface area contributed by atoms with Gasteiger partial charge >= 0.3 is 0 Å². The number of hydrogen-bond acceptors (Lipinski definition) is 5. The summed E-state index contributed by atoms with van der Waals surface area (Å²) in [5, 5.41) is 16.8. The second-order valence-corrected chi connectivity index (χ2v) is 5.82. The molecule has 7 heteroatoms. The molecule has 1 aliphatic rings. The van der Waals surface area contributed by atoms with E-state index < -0.39 is 4.92 Å². The predicted molar refractivity (Wildman–Crippen MR) is 80.5 cm³/mol. The highest BCUT2D eigenvalue weighted by atomic mass is 32.2. The summed E-state index contributed by atoms with van der Waals surface area (Å²) in [7, 11) is 1.50. The number of carbonyl (C=O) groups excluding carboxylic acids is 1. The van der Waals surface area contributed by atoms with Gasteiger partial charge in [-0.25, -0.2) is 0 Å². The fourth-order valence-electron chi connectivity index (χ4n) is 2.15. The van der Waals surface area contributed by atoms with E-state index in [1.807, 2.05) is 11.8 Å². The Morgan fingerprint density at radius 2 is 2.10 bits per heavy atom. The van der Waals surface area contributed by atoms with E-state index in [-0.39, 0.29) is 17.6 Å². The molecule has 1 aromatic carbocycles. The van der Waals surface area contributed by atoms with E-state index in [0.29, 0.717) is 11.3 Å². The van der Waals surface area contributed by atoms with Gasteiger partial charge in [-0.1, -0.05) is 0 Å². The normalized spacial score (nSPS) is 15.7. The fourth-order valence-corrected chi connectivity index (χ4v) is 3.26. The zero-order valence-electron chi connectivity index (χ0n) is 11.2. The summed E-state index contributed by atoms with van der Waals surface area (Å²) >= 11 is 1.90. The van der Waals surface area contributed by atoms with Crippen LogP contribution in [0.2, 0.25) is 0 Å². The third-order valence-electron chi connectivity index (χ3n) is 3.26. The quantitative estimate of drug-likeness (QED) is 0.657. The van der Waals surface area contributed by atoms with Crippen molar-refractivity contribution in [3.63, 3.8) is 0 Å². The summed E-state index contributed by atoms with van der Waals surface area (Å²) in [6, 6.07) is 4.80. The molecule has 2 rings (SSSR count). The lowest BCUT2D eigenvalue weighted by atomic mass is 10.1. The lowest BCUT2D eigenvalue weighted by Crippen LogP contribution is -2.25. The Hall–Kier alpha value is -1.76. The number of hydrogen-bond donors (Lipinski definition) is 2. The van der Waals surface area contributed by atoms with Crippen LogP contribution in [0.15, 0.2) is 18.2 Å². The number of rotatable bonds is 4. The molecule has 1 fully saturated rings. The molecule has 0 atom stereocenters. The molecule has 20 heavy (non-hydrogen) atoms. The molecule has 1 heterocycles. The van der Waals surface area contributed by atoms with Gasteiger partial charge in [0.1, 0.15) is 5.69 Å². The van der Waals surface area contributed by atoms with Crippen LogP contribution in [0.1, 0.15) is 23.2 Å². The molecule has 1 saturated heterocycles. The van der Waals surface area contributed by atoms with Gasteiger partial charge in [-0.05, 0) is 36.5 Å². The number of amides is 1. The van der Waals surface area contributed by atoms with Crippen LogP contribution in [0.3, 0.4) is 0 Å². The molecule has 0 radical (unpaired) electrons. The summed E-state index contributed by atoms with van der Waals surface area (Å²) in [6.45, 7) is 0. The van der Waals surface area contributed by atoms with E-state index in [1.165, 1.54) is 13.1 Å². The maximum absolute atomic E-state index is 11.5. The molecule has 0 aromatic heterocycles. The topological polar surface area (TPSA) is 84.3 Å². The maximum Gasteiger partial charge on any atom is 0.293 e. The Morgan fingerprint density at radius 1 is 1.40 bits per heavy atom. The van der Waals surface area contributed by atoms with Crippen molar-refractivity contribution in [3.8, 4) is 0 Å². The van der Waals surface area contributed by atoms with Gasteiger partial charge < -0.3 is 10.6 Å². The van der Waals surface area contributed by atoms with E-state index in [4.69, 9.17) is 0 Å². The van der Waals surface area contributed by atoms with E-state index in [9.17, 15) is 14.9 Å². The van der Waals surface area contributed by atoms with Gasteiger partial charge in [0.15, 0.2) is 0 Å². The fraction of sp³-hybridized carbons (Fsp3) is 0.462. The molecule has 0 saturated carbocycles. The highest BCUT2D eigenvalue weighted by Gasteiger charge is 2.20. The Labute approximate surface area is 121 Å². The third kappa shape index (κ3) is 3.41. The van der Waals surface area contributed by atoms with E-state index >= 15 is 0 Å². The number of carbonyl (C=O) groups is 1. The monoisotopic (exact) mass is 295 g/mol. The Bertz CT molecular complexity index is 516. The number of anilines is 1. The number of thioether (sulfide) groups is 1. The molecule has 1 amide bonds. The minimum absolute atomic E-state index is 0.0515. The SMILES string of the molecule is CNC(=O)c1ccc(NC2CCSCC2)c([N+](=O)[O-])c1. The van der Waals surface area contributed by atoms with Gasteiger partial charge in [0.05, 0.1) is 4.92 Å². The van der Waals surface area contributed by atoms with Crippen LogP contribution in [-0.2, 0) is 0 Å². The second-order valence-electron chi connectivity index (χ2n) is 4.60. The van der Waals surface area contributed by atoms with Crippen molar-refractivity contribution in [1.29, 1.82) is 0 Å². The average molecular weight is 295 g/mol. The third-order valence-corrected chi connectivity index (χ3v) is 4.31. The molecular formula is C13H17N3O3S. The van der Waals surface area contributed by atoms with E-state index in [0.717, 1.165) is 24.3 Å². The molecule has 0 bridgehead atoms. The van der Waals surface area contributed by atoms with E-state index in [1.54, 1.807) is 12.1 Å². The Balaban J connectivity index is 2.23. The number of nitrogens with zero attached hydrogens (tertiary/aromatic N) is 1. The summed E-state index contributed by atoms with van der Waals surface area (Å²) in [6.07, 6.45) is 2.00. The van der Waals surface area contributed by atoms with Crippen molar-refractivity contribution >= 4 is 29.0 Å². The molecule has 108 valence electrons.